The maximum absolute atomic E-state index is 11.0. The third kappa shape index (κ3) is 5.64. The van der Waals surface area contributed by atoms with E-state index in [2.05, 4.69) is 31.2 Å². The Balaban J connectivity index is 2.20. The number of hydrogen-bond acceptors (Lipinski definition) is 2. The van der Waals surface area contributed by atoms with Crippen LogP contribution < -0.4 is 5.73 Å². The number of carbonyl (C=O) groups is 1. The van der Waals surface area contributed by atoms with E-state index in [0.717, 1.165) is 25.7 Å². The number of rotatable bonds is 7. The van der Waals surface area contributed by atoms with Crippen LogP contribution in [0.3, 0.4) is 0 Å². The second kappa shape index (κ2) is 7.23. The highest BCUT2D eigenvalue weighted by Crippen LogP contribution is 2.14. The Hall–Kier alpha value is -1.15. The summed E-state index contributed by atoms with van der Waals surface area (Å²) >= 11 is 0. The van der Waals surface area contributed by atoms with Gasteiger partial charge in [0.15, 0.2) is 0 Å². The van der Waals surface area contributed by atoms with Gasteiger partial charge >= 0.3 is 0 Å². The van der Waals surface area contributed by atoms with E-state index in [9.17, 15) is 4.79 Å². The first-order valence-electron chi connectivity index (χ1n) is 6.39. The summed E-state index contributed by atoms with van der Waals surface area (Å²) in [5.41, 5.74) is 7.14. The molecule has 0 bridgehead atoms. The van der Waals surface area contributed by atoms with Crippen molar-refractivity contribution >= 4 is 5.78 Å². The fourth-order valence-electron chi connectivity index (χ4n) is 2.02. The summed E-state index contributed by atoms with van der Waals surface area (Å²) in [4.78, 5) is 11.0. The fraction of sp³-hybridized carbons (Fsp3) is 0.533. The summed E-state index contributed by atoms with van der Waals surface area (Å²) < 4.78 is 0. The van der Waals surface area contributed by atoms with Crippen molar-refractivity contribution < 1.29 is 4.79 Å². The number of benzene rings is 1. The lowest BCUT2D eigenvalue weighted by Crippen LogP contribution is -2.30. The van der Waals surface area contributed by atoms with Crippen LogP contribution in [-0.4, -0.2) is 11.8 Å². The van der Waals surface area contributed by atoms with Gasteiger partial charge in [-0.3, -0.25) is 4.79 Å². The van der Waals surface area contributed by atoms with E-state index in [1.807, 2.05) is 6.07 Å². The van der Waals surface area contributed by atoms with Crippen molar-refractivity contribution in [3.63, 3.8) is 0 Å². The monoisotopic (exact) mass is 233 g/mol. The quantitative estimate of drug-likeness (QED) is 0.786. The molecule has 0 aliphatic heterocycles. The molecule has 0 saturated carbocycles. The molecule has 0 heterocycles. The molecule has 0 aromatic heterocycles. The average molecular weight is 233 g/mol. The zero-order chi connectivity index (χ0) is 12.7. The van der Waals surface area contributed by atoms with E-state index >= 15 is 0 Å². The van der Waals surface area contributed by atoms with Crippen molar-refractivity contribution in [2.75, 3.05) is 0 Å². The van der Waals surface area contributed by atoms with Crippen molar-refractivity contribution in [1.29, 1.82) is 0 Å². The second-order valence-electron chi connectivity index (χ2n) is 4.94. The number of aryl methyl sites for hydroxylation is 1. The van der Waals surface area contributed by atoms with Crippen LogP contribution in [0, 0.1) is 5.92 Å². The lowest BCUT2D eigenvalue weighted by molar-refractivity contribution is -0.118. The third-order valence-electron chi connectivity index (χ3n) is 3.18. The van der Waals surface area contributed by atoms with Gasteiger partial charge in [0.2, 0.25) is 0 Å². The molecule has 2 N–H and O–H groups in total. The zero-order valence-electron chi connectivity index (χ0n) is 10.9. The molecule has 0 radical (unpaired) electrons. The van der Waals surface area contributed by atoms with Crippen LogP contribution in [-0.2, 0) is 11.2 Å². The average Bonchev–Trinajstić information content (AvgIpc) is 2.30. The van der Waals surface area contributed by atoms with Gasteiger partial charge in [-0.05, 0) is 37.7 Å². The molecule has 0 amide bonds. The lowest BCUT2D eigenvalue weighted by atomic mass is 9.94. The molecule has 0 fully saturated rings. The van der Waals surface area contributed by atoms with Crippen molar-refractivity contribution in [3.8, 4) is 0 Å². The van der Waals surface area contributed by atoms with Gasteiger partial charge in [-0.2, -0.15) is 0 Å². The van der Waals surface area contributed by atoms with Crippen LogP contribution in [0.2, 0.25) is 0 Å². The number of ketones is 1. The summed E-state index contributed by atoms with van der Waals surface area (Å²) in [5, 5.41) is 0. The van der Waals surface area contributed by atoms with Crippen LogP contribution in [0.4, 0.5) is 0 Å². The van der Waals surface area contributed by atoms with Crippen molar-refractivity contribution in [2.45, 2.75) is 45.6 Å². The van der Waals surface area contributed by atoms with Gasteiger partial charge in [-0.25, -0.2) is 0 Å². The fourth-order valence-corrected chi connectivity index (χ4v) is 2.02. The minimum atomic E-state index is -0.276. The Morgan fingerprint density at radius 1 is 1.29 bits per heavy atom. The first-order chi connectivity index (χ1) is 8.09. The van der Waals surface area contributed by atoms with Gasteiger partial charge in [-0.1, -0.05) is 43.7 Å². The molecular weight excluding hydrogens is 210 g/mol. The molecule has 0 spiro atoms. The molecule has 2 heteroatoms. The number of carbonyl (C=O) groups excluding carboxylic acids is 1. The predicted molar refractivity (Wildman–Crippen MR) is 71.8 cm³/mol. The number of hydrogen-bond donors (Lipinski definition) is 1. The summed E-state index contributed by atoms with van der Waals surface area (Å²) in [6.45, 7) is 3.75. The molecule has 1 aromatic rings. The van der Waals surface area contributed by atoms with Gasteiger partial charge in [-0.15, -0.1) is 0 Å². The summed E-state index contributed by atoms with van der Waals surface area (Å²) in [6, 6.07) is 10.2. The highest BCUT2D eigenvalue weighted by molar-refractivity contribution is 5.81. The van der Waals surface area contributed by atoms with E-state index in [-0.39, 0.29) is 11.8 Å². The van der Waals surface area contributed by atoms with Crippen molar-refractivity contribution in [2.24, 2.45) is 11.7 Å². The molecule has 0 aliphatic carbocycles. The van der Waals surface area contributed by atoms with Gasteiger partial charge in [0, 0.05) is 0 Å². The molecule has 2 atom stereocenters. The Morgan fingerprint density at radius 3 is 2.53 bits per heavy atom. The Bertz CT molecular complexity index is 334. The van der Waals surface area contributed by atoms with Crippen LogP contribution in [0.1, 0.15) is 38.7 Å². The van der Waals surface area contributed by atoms with Gasteiger partial charge in [0.05, 0.1) is 6.04 Å². The molecule has 1 rings (SSSR count). The smallest absolute Gasteiger partial charge is 0.146 e. The molecule has 1 aromatic carbocycles. The van der Waals surface area contributed by atoms with Gasteiger partial charge in [0.25, 0.3) is 0 Å². The Morgan fingerprint density at radius 2 is 1.94 bits per heavy atom. The zero-order valence-corrected chi connectivity index (χ0v) is 10.9. The molecule has 2 nitrogen and oxygen atoms in total. The summed E-state index contributed by atoms with van der Waals surface area (Å²) in [7, 11) is 0. The normalized spacial score (nSPS) is 14.3. The van der Waals surface area contributed by atoms with E-state index in [1.54, 1.807) is 6.92 Å². The topological polar surface area (TPSA) is 43.1 Å². The molecule has 0 unspecified atom stereocenters. The predicted octanol–water partition coefficient (Wildman–Crippen LogP) is 2.95. The van der Waals surface area contributed by atoms with Gasteiger partial charge < -0.3 is 5.73 Å². The molecule has 94 valence electrons. The number of nitrogens with two attached hydrogens (primary N) is 1. The second-order valence-corrected chi connectivity index (χ2v) is 4.94. The maximum Gasteiger partial charge on any atom is 0.146 e. The first-order valence-corrected chi connectivity index (χ1v) is 6.39. The van der Waals surface area contributed by atoms with E-state index in [0.29, 0.717) is 5.92 Å². The first kappa shape index (κ1) is 13.9. The largest absolute Gasteiger partial charge is 0.322 e. The summed E-state index contributed by atoms with van der Waals surface area (Å²) in [5.74, 6) is 0.623. The van der Waals surface area contributed by atoms with Crippen LogP contribution in [0.5, 0.6) is 0 Å². The Labute approximate surface area is 104 Å². The SMILES string of the molecule is CC(=O)[C@@H](N)C[C@H](C)CCCc1ccccc1. The maximum atomic E-state index is 11.0. The van der Waals surface area contributed by atoms with E-state index in [4.69, 9.17) is 5.73 Å². The van der Waals surface area contributed by atoms with Crippen LogP contribution in [0.25, 0.3) is 0 Å². The third-order valence-corrected chi connectivity index (χ3v) is 3.18. The van der Waals surface area contributed by atoms with E-state index < -0.39 is 0 Å². The highest BCUT2D eigenvalue weighted by Gasteiger charge is 2.12. The minimum Gasteiger partial charge on any atom is -0.322 e. The molecule has 0 saturated heterocycles. The van der Waals surface area contributed by atoms with Crippen LogP contribution in [0.15, 0.2) is 30.3 Å². The van der Waals surface area contributed by atoms with Gasteiger partial charge in [0.1, 0.15) is 5.78 Å². The molecule has 17 heavy (non-hydrogen) atoms. The number of Topliss-reactive ketones (excluding diaryl/α,β-unsaturated/α-hetero) is 1. The Kier molecular flexibility index (Phi) is 5.92. The summed E-state index contributed by atoms with van der Waals surface area (Å²) in [6.07, 6.45) is 4.22. The molecule has 0 aliphatic rings. The lowest BCUT2D eigenvalue weighted by Gasteiger charge is -2.14. The minimum absolute atomic E-state index is 0.0971. The standard InChI is InChI=1S/C15H23NO/c1-12(11-15(16)13(2)17)7-6-10-14-8-4-3-5-9-14/h3-5,8-9,12,15H,6-7,10-11,16H2,1-2H3/t12-,15+/m1/s1. The van der Waals surface area contributed by atoms with Crippen molar-refractivity contribution in [3.05, 3.63) is 35.9 Å². The molecular formula is C15H23NO. The van der Waals surface area contributed by atoms with Crippen molar-refractivity contribution in [1.82, 2.24) is 0 Å². The van der Waals surface area contributed by atoms with E-state index in [1.165, 1.54) is 5.56 Å². The van der Waals surface area contributed by atoms with Crippen LogP contribution >= 0.6 is 0 Å². The highest BCUT2D eigenvalue weighted by atomic mass is 16.1.